The number of carboxylic acid groups (broad SMARTS) is 1. The highest BCUT2D eigenvalue weighted by molar-refractivity contribution is 5.65. The molecule has 4 N–H and O–H groups in total. The first-order valence-corrected chi connectivity index (χ1v) is 6.00. The van der Waals surface area contributed by atoms with Gasteiger partial charge in [-0.3, -0.25) is 14.3 Å². The Balaban J connectivity index is 2.27. The van der Waals surface area contributed by atoms with Gasteiger partial charge in [0.15, 0.2) is 0 Å². The van der Waals surface area contributed by atoms with Gasteiger partial charge in [0.05, 0.1) is 12.6 Å². The summed E-state index contributed by atoms with van der Waals surface area (Å²) in [6.07, 6.45) is -1.18. The molecular formula is C11H15N3O6. The van der Waals surface area contributed by atoms with Gasteiger partial charge in [0, 0.05) is 18.2 Å². The molecule has 3 atom stereocenters. The summed E-state index contributed by atoms with van der Waals surface area (Å²) in [6.45, 7) is 1.17. The highest BCUT2D eigenvalue weighted by Gasteiger charge is 2.37. The number of ether oxygens (including phenoxy) is 1. The number of aromatic nitrogens is 2. The van der Waals surface area contributed by atoms with Crippen LogP contribution < -0.4 is 16.6 Å². The maximum Gasteiger partial charge on any atom is 0.404 e. The zero-order valence-electron chi connectivity index (χ0n) is 10.7. The largest absolute Gasteiger partial charge is 0.465 e. The second-order valence-corrected chi connectivity index (χ2v) is 4.58. The molecule has 0 spiro atoms. The third-order valence-electron chi connectivity index (χ3n) is 3.18. The first-order valence-electron chi connectivity index (χ1n) is 6.00. The summed E-state index contributed by atoms with van der Waals surface area (Å²) in [4.78, 5) is 35.8. The van der Waals surface area contributed by atoms with Gasteiger partial charge in [0.1, 0.15) is 12.3 Å². The van der Waals surface area contributed by atoms with Crippen molar-refractivity contribution in [3.05, 3.63) is 32.6 Å². The van der Waals surface area contributed by atoms with Crippen LogP contribution in [0.5, 0.6) is 0 Å². The Morgan fingerprint density at radius 2 is 2.30 bits per heavy atom. The number of nitrogens with one attached hydrogen (secondary N) is 2. The number of aryl methyl sites for hydroxylation is 1. The van der Waals surface area contributed by atoms with E-state index in [1.54, 1.807) is 6.92 Å². The van der Waals surface area contributed by atoms with E-state index in [9.17, 15) is 19.5 Å². The maximum absolute atomic E-state index is 11.7. The predicted molar refractivity (Wildman–Crippen MR) is 66.6 cm³/mol. The van der Waals surface area contributed by atoms with E-state index in [0.29, 0.717) is 5.56 Å². The van der Waals surface area contributed by atoms with Crippen LogP contribution in [-0.4, -0.2) is 44.6 Å². The molecule has 1 aliphatic rings. The minimum Gasteiger partial charge on any atom is -0.465 e. The number of aliphatic hydroxyl groups is 1. The lowest BCUT2D eigenvalue weighted by Crippen LogP contribution is -2.41. The summed E-state index contributed by atoms with van der Waals surface area (Å²) in [7, 11) is 0. The first kappa shape index (κ1) is 14.3. The van der Waals surface area contributed by atoms with E-state index in [2.05, 4.69) is 10.3 Å². The molecule has 110 valence electrons. The Labute approximate surface area is 112 Å². The molecule has 0 bridgehead atoms. The summed E-state index contributed by atoms with van der Waals surface area (Å²) >= 11 is 0. The van der Waals surface area contributed by atoms with E-state index < -0.39 is 35.7 Å². The molecule has 20 heavy (non-hydrogen) atoms. The molecule has 0 aromatic carbocycles. The molecule has 0 saturated carbocycles. The highest BCUT2D eigenvalue weighted by Crippen LogP contribution is 2.27. The van der Waals surface area contributed by atoms with Crippen LogP contribution in [-0.2, 0) is 4.74 Å². The average Bonchev–Trinajstić information content (AvgIpc) is 2.75. The first-order chi connectivity index (χ1) is 9.42. The Kier molecular flexibility index (Phi) is 3.91. The average molecular weight is 285 g/mol. The van der Waals surface area contributed by atoms with Crippen LogP contribution in [0.2, 0.25) is 0 Å². The third kappa shape index (κ3) is 2.73. The van der Waals surface area contributed by atoms with Crippen molar-refractivity contribution in [3.63, 3.8) is 0 Å². The Hall–Kier alpha value is -2.13. The summed E-state index contributed by atoms with van der Waals surface area (Å²) < 4.78 is 6.63. The Morgan fingerprint density at radius 1 is 1.60 bits per heavy atom. The normalized spacial score (nSPS) is 25.6. The number of aliphatic hydroxyl groups excluding tert-OH is 1. The number of hydrogen-bond acceptors (Lipinski definition) is 5. The van der Waals surface area contributed by atoms with E-state index in [4.69, 9.17) is 9.84 Å². The Morgan fingerprint density at radius 3 is 2.90 bits per heavy atom. The van der Waals surface area contributed by atoms with Gasteiger partial charge in [-0.05, 0) is 6.92 Å². The van der Waals surface area contributed by atoms with Crippen molar-refractivity contribution in [3.8, 4) is 0 Å². The number of hydrogen-bond donors (Lipinski definition) is 4. The highest BCUT2D eigenvalue weighted by atomic mass is 16.5. The van der Waals surface area contributed by atoms with Crippen LogP contribution >= 0.6 is 0 Å². The molecule has 9 nitrogen and oxygen atoms in total. The van der Waals surface area contributed by atoms with Crippen molar-refractivity contribution in [2.75, 3.05) is 6.61 Å². The van der Waals surface area contributed by atoms with Gasteiger partial charge in [-0.2, -0.15) is 0 Å². The van der Waals surface area contributed by atoms with Gasteiger partial charge in [-0.1, -0.05) is 0 Å². The standard InChI is InChI=1S/C11H15N3O6/c1-5-3-14(10(17)13-9(5)16)8-2-6(12-11(18)19)7(4-15)20-8/h3,6-8,12,15H,2,4H2,1H3,(H,18,19)(H,13,16,17)/t6-,7+,8+/m0/s1. The molecule has 1 amide bonds. The fourth-order valence-corrected chi connectivity index (χ4v) is 2.18. The zero-order valence-corrected chi connectivity index (χ0v) is 10.7. The fraction of sp³-hybridized carbons (Fsp3) is 0.545. The number of rotatable bonds is 3. The topological polar surface area (TPSA) is 134 Å². The molecule has 2 rings (SSSR count). The maximum atomic E-state index is 11.7. The van der Waals surface area contributed by atoms with Crippen molar-refractivity contribution in [1.29, 1.82) is 0 Å². The minimum absolute atomic E-state index is 0.183. The third-order valence-corrected chi connectivity index (χ3v) is 3.18. The van der Waals surface area contributed by atoms with E-state index in [1.165, 1.54) is 10.8 Å². The molecule has 1 fully saturated rings. The zero-order chi connectivity index (χ0) is 14.9. The van der Waals surface area contributed by atoms with E-state index in [1.807, 2.05) is 0 Å². The molecule has 0 radical (unpaired) electrons. The van der Waals surface area contributed by atoms with Crippen molar-refractivity contribution >= 4 is 6.09 Å². The van der Waals surface area contributed by atoms with Crippen molar-refractivity contribution < 1.29 is 19.7 Å². The molecule has 2 heterocycles. The van der Waals surface area contributed by atoms with Gasteiger partial charge in [-0.15, -0.1) is 0 Å². The van der Waals surface area contributed by atoms with Crippen LogP contribution in [0.1, 0.15) is 18.2 Å². The fourth-order valence-electron chi connectivity index (χ4n) is 2.18. The summed E-state index contributed by atoms with van der Waals surface area (Å²) in [5.74, 6) is 0. The van der Waals surface area contributed by atoms with Gasteiger partial charge in [0.25, 0.3) is 5.56 Å². The predicted octanol–water partition coefficient (Wildman–Crippen LogP) is -1.24. The molecular weight excluding hydrogens is 270 g/mol. The van der Waals surface area contributed by atoms with E-state index >= 15 is 0 Å². The van der Waals surface area contributed by atoms with Crippen molar-refractivity contribution in [2.45, 2.75) is 31.7 Å². The van der Waals surface area contributed by atoms with Crippen molar-refractivity contribution in [2.24, 2.45) is 0 Å². The number of nitrogens with zero attached hydrogens (tertiary/aromatic N) is 1. The number of aromatic amines is 1. The molecule has 0 aliphatic carbocycles. The number of amides is 1. The van der Waals surface area contributed by atoms with Crippen LogP contribution in [0.25, 0.3) is 0 Å². The van der Waals surface area contributed by atoms with E-state index in [-0.39, 0.29) is 13.0 Å². The van der Waals surface area contributed by atoms with Crippen LogP contribution in [0.15, 0.2) is 15.8 Å². The minimum atomic E-state index is -1.23. The molecule has 9 heteroatoms. The van der Waals surface area contributed by atoms with Gasteiger partial charge in [0.2, 0.25) is 0 Å². The van der Waals surface area contributed by atoms with Gasteiger partial charge in [-0.25, -0.2) is 9.59 Å². The van der Waals surface area contributed by atoms with Gasteiger partial charge >= 0.3 is 11.8 Å². The number of H-pyrrole nitrogens is 1. The molecule has 1 aromatic rings. The summed E-state index contributed by atoms with van der Waals surface area (Å²) in [6, 6.07) is -0.623. The summed E-state index contributed by atoms with van der Waals surface area (Å²) in [5.41, 5.74) is -0.787. The quantitative estimate of drug-likeness (QED) is 0.549. The SMILES string of the molecule is Cc1cn([C@H]2C[C@H](NC(=O)O)[C@@H](CO)O2)c(=O)[nH]c1=O. The van der Waals surface area contributed by atoms with Crippen LogP contribution in [0.4, 0.5) is 4.79 Å². The van der Waals surface area contributed by atoms with Crippen LogP contribution in [0, 0.1) is 6.92 Å². The monoisotopic (exact) mass is 285 g/mol. The van der Waals surface area contributed by atoms with Gasteiger partial charge < -0.3 is 20.3 Å². The molecule has 1 aliphatic heterocycles. The van der Waals surface area contributed by atoms with Crippen LogP contribution in [0.3, 0.4) is 0 Å². The summed E-state index contributed by atoms with van der Waals surface area (Å²) in [5, 5.41) is 20.1. The molecule has 1 saturated heterocycles. The second kappa shape index (κ2) is 5.47. The lowest BCUT2D eigenvalue weighted by atomic mass is 10.1. The Bertz CT molecular complexity index is 621. The molecule has 0 unspecified atom stereocenters. The second-order valence-electron chi connectivity index (χ2n) is 4.58. The lowest BCUT2D eigenvalue weighted by molar-refractivity contribution is -0.0288. The van der Waals surface area contributed by atoms with E-state index in [0.717, 1.165) is 0 Å². The lowest BCUT2D eigenvalue weighted by Gasteiger charge is -2.15. The molecule has 1 aromatic heterocycles. The number of carbonyl (C=O) groups is 1. The smallest absolute Gasteiger partial charge is 0.404 e. The van der Waals surface area contributed by atoms with Crippen molar-refractivity contribution in [1.82, 2.24) is 14.9 Å².